The van der Waals surface area contributed by atoms with Gasteiger partial charge in [0.2, 0.25) is 5.91 Å². The Morgan fingerprint density at radius 3 is 1.54 bits per heavy atom. The van der Waals surface area contributed by atoms with E-state index in [1.807, 2.05) is 0 Å². The van der Waals surface area contributed by atoms with Crippen molar-refractivity contribution in [2.45, 2.75) is 186 Å². The Labute approximate surface area is 253 Å². The smallest absolute Gasteiger partial charge is 0.249 e. The highest BCUT2D eigenvalue weighted by Gasteiger charge is 2.28. The molecule has 0 aromatic heterocycles. The maximum Gasteiger partial charge on any atom is 0.249 e. The first-order valence-corrected chi connectivity index (χ1v) is 17.2. The molecule has 0 bridgehead atoms. The van der Waals surface area contributed by atoms with E-state index in [1.54, 1.807) is 0 Å². The van der Waals surface area contributed by atoms with Crippen molar-refractivity contribution in [3.8, 4) is 0 Å². The second-order valence-electron chi connectivity index (χ2n) is 11.8. The first kappa shape index (κ1) is 39.8. The Balaban J connectivity index is 3.91. The Bertz CT molecular complexity index is 624. The minimum Gasteiger partial charge on any atom is -0.394 e. The highest BCUT2D eigenvalue weighted by Crippen LogP contribution is 2.13. The number of nitrogens with one attached hydrogen (secondary N) is 1. The summed E-state index contributed by atoms with van der Waals surface area (Å²) < 4.78 is 0. The molecule has 6 heteroatoms. The summed E-state index contributed by atoms with van der Waals surface area (Å²) in [5, 5.41) is 43.1. The van der Waals surface area contributed by atoms with Crippen LogP contribution in [-0.4, -0.2) is 57.3 Å². The molecule has 4 atom stereocenters. The van der Waals surface area contributed by atoms with Crippen molar-refractivity contribution in [1.29, 1.82) is 0 Å². The van der Waals surface area contributed by atoms with Crippen LogP contribution in [0.2, 0.25) is 0 Å². The lowest BCUT2D eigenvalue weighted by molar-refractivity contribution is -0.132. The first-order valence-electron chi connectivity index (χ1n) is 17.2. The topological polar surface area (TPSA) is 110 Å². The predicted octanol–water partition coefficient (Wildman–Crippen LogP) is 7.67. The third-order valence-electron chi connectivity index (χ3n) is 7.89. The zero-order chi connectivity index (χ0) is 30.4. The SMILES string of the molecule is CCCCCCCCCC/C=C/CC/C=C/CCCC(O)C(O)C(CO)NC(=O)C(O)CCCCCCCCCC. The van der Waals surface area contributed by atoms with Gasteiger partial charge >= 0.3 is 0 Å². The van der Waals surface area contributed by atoms with Crippen molar-refractivity contribution >= 4 is 5.91 Å². The van der Waals surface area contributed by atoms with Crippen LogP contribution in [0.4, 0.5) is 0 Å². The molecule has 0 radical (unpaired) electrons. The van der Waals surface area contributed by atoms with E-state index in [1.165, 1.54) is 89.9 Å². The second kappa shape index (κ2) is 30.3. The van der Waals surface area contributed by atoms with Gasteiger partial charge in [0, 0.05) is 0 Å². The summed E-state index contributed by atoms with van der Waals surface area (Å²) in [5.41, 5.74) is 0. The fraction of sp³-hybridized carbons (Fsp3) is 0.857. The summed E-state index contributed by atoms with van der Waals surface area (Å²) in [6.45, 7) is 3.96. The molecule has 0 fully saturated rings. The largest absolute Gasteiger partial charge is 0.394 e. The summed E-state index contributed by atoms with van der Waals surface area (Å²) in [6.07, 6.45) is 30.7. The zero-order valence-electron chi connectivity index (χ0n) is 26.8. The van der Waals surface area contributed by atoms with Gasteiger partial charge in [0.05, 0.1) is 18.8 Å². The van der Waals surface area contributed by atoms with Gasteiger partial charge in [-0.3, -0.25) is 4.79 Å². The van der Waals surface area contributed by atoms with Crippen molar-refractivity contribution in [2.75, 3.05) is 6.61 Å². The average Bonchev–Trinajstić information content (AvgIpc) is 2.98. The van der Waals surface area contributed by atoms with E-state index in [4.69, 9.17) is 0 Å². The Morgan fingerprint density at radius 2 is 1.02 bits per heavy atom. The molecule has 0 saturated heterocycles. The van der Waals surface area contributed by atoms with Gasteiger partial charge in [-0.15, -0.1) is 0 Å². The highest BCUT2D eigenvalue weighted by molar-refractivity contribution is 5.80. The van der Waals surface area contributed by atoms with Gasteiger partial charge in [-0.25, -0.2) is 0 Å². The van der Waals surface area contributed by atoms with Gasteiger partial charge in [0.25, 0.3) is 0 Å². The first-order chi connectivity index (χ1) is 20.0. The zero-order valence-corrected chi connectivity index (χ0v) is 26.8. The van der Waals surface area contributed by atoms with Gasteiger partial charge in [-0.2, -0.15) is 0 Å². The van der Waals surface area contributed by atoms with Crippen LogP contribution in [0.5, 0.6) is 0 Å². The molecule has 0 aromatic carbocycles. The number of hydrogen-bond acceptors (Lipinski definition) is 5. The third kappa shape index (κ3) is 25.0. The Morgan fingerprint density at radius 1 is 0.585 bits per heavy atom. The number of aliphatic hydroxyl groups excluding tert-OH is 4. The van der Waals surface area contributed by atoms with Gasteiger partial charge in [-0.05, 0) is 51.4 Å². The summed E-state index contributed by atoms with van der Waals surface area (Å²) in [4.78, 5) is 12.3. The number of aliphatic hydroxyl groups is 4. The number of allylic oxidation sites excluding steroid dienone is 4. The fourth-order valence-electron chi connectivity index (χ4n) is 5.06. The lowest BCUT2D eigenvalue weighted by Gasteiger charge is -2.27. The lowest BCUT2D eigenvalue weighted by atomic mass is 10.00. The summed E-state index contributed by atoms with van der Waals surface area (Å²) in [5.74, 6) is -0.604. The Kier molecular flexibility index (Phi) is 29.4. The lowest BCUT2D eigenvalue weighted by Crippen LogP contribution is -2.53. The molecule has 0 aromatic rings. The molecular formula is C35H67NO5. The molecule has 1 amide bonds. The van der Waals surface area contributed by atoms with Crippen LogP contribution in [0.1, 0.15) is 162 Å². The van der Waals surface area contributed by atoms with Crippen LogP contribution >= 0.6 is 0 Å². The number of carbonyl (C=O) groups excluding carboxylic acids is 1. The van der Waals surface area contributed by atoms with E-state index in [9.17, 15) is 25.2 Å². The third-order valence-corrected chi connectivity index (χ3v) is 7.89. The van der Waals surface area contributed by atoms with Crippen LogP contribution < -0.4 is 5.32 Å². The van der Waals surface area contributed by atoms with Gasteiger partial charge in [0.1, 0.15) is 12.2 Å². The van der Waals surface area contributed by atoms with Crippen molar-refractivity contribution in [1.82, 2.24) is 5.32 Å². The monoisotopic (exact) mass is 582 g/mol. The maximum absolute atomic E-state index is 12.3. The standard InChI is InChI=1S/C35H67NO5/c1-3-5-7-9-11-13-14-15-16-17-18-19-20-21-23-24-26-28-32(38)34(40)31(30-37)36-35(41)33(39)29-27-25-22-12-10-8-6-4-2/h17-18,21,23,31-34,37-40H,3-16,19-20,22,24-30H2,1-2H3,(H,36,41)/b18-17+,23-21+. The molecule has 0 saturated carbocycles. The fourth-order valence-corrected chi connectivity index (χ4v) is 5.06. The van der Waals surface area contributed by atoms with E-state index in [0.29, 0.717) is 19.3 Å². The van der Waals surface area contributed by atoms with E-state index < -0.39 is 36.9 Å². The Hall–Kier alpha value is -1.21. The number of rotatable bonds is 30. The van der Waals surface area contributed by atoms with Crippen molar-refractivity contribution < 1.29 is 25.2 Å². The summed E-state index contributed by atoms with van der Waals surface area (Å²) in [6, 6.07) is -1.00. The molecule has 0 aliphatic carbocycles. The molecule has 242 valence electrons. The average molecular weight is 582 g/mol. The predicted molar refractivity (Wildman–Crippen MR) is 173 cm³/mol. The van der Waals surface area contributed by atoms with Crippen molar-refractivity contribution in [3.05, 3.63) is 24.3 Å². The van der Waals surface area contributed by atoms with Gasteiger partial charge in [0.15, 0.2) is 0 Å². The molecule has 0 aliphatic rings. The number of amides is 1. The van der Waals surface area contributed by atoms with E-state index in [0.717, 1.165) is 38.5 Å². The molecule has 6 nitrogen and oxygen atoms in total. The molecular weight excluding hydrogens is 514 g/mol. The molecule has 0 rings (SSSR count). The normalized spacial score (nSPS) is 15.0. The summed E-state index contributed by atoms with van der Waals surface area (Å²) in [7, 11) is 0. The molecule has 0 heterocycles. The minimum atomic E-state index is -1.28. The van der Waals surface area contributed by atoms with Crippen LogP contribution in [-0.2, 0) is 4.79 Å². The molecule has 41 heavy (non-hydrogen) atoms. The second-order valence-corrected chi connectivity index (χ2v) is 11.8. The minimum absolute atomic E-state index is 0.360. The van der Waals surface area contributed by atoms with Crippen LogP contribution in [0, 0.1) is 0 Å². The molecule has 0 aliphatic heterocycles. The maximum atomic E-state index is 12.3. The van der Waals surface area contributed by atoms with Crippen molar-refractivity contribution in [3.63, 3.8) is 0 Å². The number of hydrogen-bond donors (Lipinski definition) is 5. The molecule has 0 spiro atoms. The summed E-state index contributed by atoms with van der Waals surface area (Å²) >= 11 is 0. The van der Waals surface area contributed by atoms with Crippen LogP contribution in [0.15, 0.2) is 24.3 Å². The van der Waals surface area contributed by atoms with Gasteiger partial charge < -0.3 is 25.7 Å². The van der Waals surface area contributed by atoms with Crippen LogP contribution in [0.25, 0.3) is 0 Å². The van der Waals surface area contributed by atoms with E-state index in [-0.39, 0.29) is 0 Å². The van der Waals surface area contributed by atoms with E-state index >= 15 is 0 Å². The number of unbranched alkanes of at least 4 members (excludes halogenated alkanes) is 17. The number of carbonyl (C=O) groups is 1. The molecule has 4 unspecified atom stereocenters. The van der Waals surface area contributed by atoms with Crippen LogP contribution in [0.3, 0.4) is 0 Å². The van der Waals surface area contributed by atoms with E-state index in [2.05, 4.69) is 43.5 Å². The quantitative estimate of drug-likeness (QED) is 0.0442. The molecule has 5 N–H and O–H groups in total. The highest BCUT2D eigenvalue weighted by atomic mass is 16.3. The van der Waals surface area contributed by atoms with Crippen molar-refractivity contribution in [2.24, 2.45) is 0 Å². The van der Waals surface area contributed by atoms with Gasteiger partial charge in [-0.1, -0.05) is 134 Å².